The summed E-state index contributed by atoms with van der Waals surface area (Å²) < 4.78 is 8.75. The highest BCUT2D eigenvalue weighted by atomic mass is 35.5. The zero-order chi connectivity index (χ0) is 22.5. The molecule has 0 saturated heterocycles. The maximum absolute atomic E-state index is 12.8. The summed E-state index contributed by atoms with van der Waals surface area (Å²) in [6.45, 7) is 2.78. The molecule has 1 atom stereocenters. The number of amides is 1. The van der Waals surface area contributed by atoms with Crippen molar-refractivity contribution in [2.24, 2.45) is 0 Å². The molecule has 0 bridgehead atoms. The van der Waals surface area contributed by atoms with Gasteiger partial charge in [0.2, 0.25) is 0 Å². The Morgan fingerprint density at radius 2 is 1.91 bits per heavy atom. The van der Waals surface area contributed by atoms with E-state index in [0.29, 0.717) is 41.4 Å². The van der Waals surface area contributed by atoms with Crippen molar-refractivity contribution in [3.8, 4) is 5.75 Å². The quantitative estimate of drug-likeness (QED) is 0.445. The Morgan fingerprint density at radius 3 is 2.66 bits per heavy atom. The van der Waals surface area contributed by atoms with E-state index in [2.05, 4.69) is 15.4 Å². The van der Waals surface area contributed by atoms with Crippen molar-refractivity contribution in [2.75, 3.05) is 6.54 Å². The fourth-order valence-electron chi connectivity index (χ4n) is 3.25. The van der Waals surface area contributed by atoms with Crippen LogP contribution in [0.3, 0.4) is 0 Å². The molecular weight excluding hydrogens is 430 g/mol. The highest BCUT2D eigenvalue weighted by Gasteiger charge is 2.15. The first kappa shape index (κ1) is 21.6. The van der Waals surface area contributed by atoms with Crippen LogP contribution in [-0.2, 0) is 17.9 Å². The minimum atomic E-state index is -0.634. The van der Waals surface area contributed by atoms with Gasteiger partial charge < -0.3 is 10.1 Å². The number of halogens is 1. The third-order valence-electron chi connectivity index (χ3n) is 4.94. The summed E-state index contributed by atoms with van der Waals surface area (Å²) in [5.74, 6) is 0.399. The molecule has 1 amide bonds. The number of nitrogens with one attached hydrogen (secondary N) is 1. The molecule has 0 aliphatic heterocycles. The summed E-state index contributed by atoms with van der Waals surface area (Å²) in [4.78, 5) is 29.5. The number of benzene rings is 2. The van der Waals surface area contributed by atoms with E-state index in [0.717, 1.165) is 5.56 Å². The molecule has 4 rings (SSSR count). The Hall–Kier alpha value is -3.65. The number of hydrogen-bond donors (Lipinski definition) is 1. The van der Waals surface area contributed by atoms with Crippen LogP contribution in [0.5, 0.6) is 5.75 Å². The van der Waals surface area contributed by atoms with E-state index in [-0.39, 0.29) is 11.5 Å². The Bertz CT molecular complexity index is 1270. The van der Waals surface area contributed by atoms with Gasteiger partial charge in [0.15, 0.2) is 11.8 Å². The third-order valence-corrected chi connectivity index (χ3v) is 5.19. The van der Waals surface area contributed by atoms with Crippen molar-refractivity contribution in [1.29, 1.82) is 0 Å². The Balaban J connectivity index is 1.37. The maximum Gasteiger partial charge on any atom is 0.264 e. The van der Waals surface area contributed by atoms with Gasteiger partial charge >= 0.3 is 0 Å². The van der Waals surface area contributed by atoms with Crippen molar-refractivity contribution in [3.05, 3.63) is 88.1 Å². The second-order valence-corrected chi connectivity index (χ2v) is 7.71. The van der Waals surface area contributed by atoms with Crippen LogP contribution < -0.4 is 15.6 Å². The summed E-state index contributed by atoms with van der Waals surface area (Å²) in [6.07, 6.45) is 2.38. The highest BCUT2D eigenvalue weighted by molar-refractivity contribution is 6.30. The molecule has 2 aromatic heterocycles. The zero-order valence-electron chi connectivity index (χ0n) is 17.4. The van der Waals surface area contributed by atoms with E-state index >= 15 is 0 Å². The number of hydrogen-bond acceptors (Lipinski definition) is 5. The molecule has 8 nitrogen and oxygen atoms in total. The third kappa shape index (κ3) is 4.97. The SMILES string of the molecule is CC(Oc1ccccc1)C(=O)NCCn1ncc2c(=O)n(Cc3ccc(Cl)cc3)cnc21. The number of para-hydroxylation sites is 1. The first-order valence-corrected chi connectivity index (χ1v) is 10.5. The molecule has 0 radical (unpaired) electrons. The molecule has 1 unspecified atom stereocenters. The predicted molar refractivity (Wildman–Crippen MR) is 122 cm³/mol. The van der Waals surface area contributed by atoms with Crippen LogP contribution in [0.25, 0.3) is 11.0 Å². The topological polar surface area (TPSA) is 91.0 Å². The van der Waals surface area contributed by atoms with Gasteiger partial charge in [-0.2, -0.15) is 5.10 Å². The summed E-state index contributed by atoms with van der Waals surface area (Å²) in [5, 5.41) is 8.16. The molecular formula is C23H22ClN5O3. The van der Waals surface area contributed by atoms with Crippen molar-refractivity contribution < 1.29 is 9.53 Å². The molecule has 0 aliphatic carbocycles. The second kappa shape index (κ2) is 9.65. The number of ether oxygens (including phenoxy) is 1. The molecule has 4 aromatic rings. The number of fused-ring (bicyclic) bond motifs is 1. The minimum Gasteiger partial charge on any atom is -0.481 e. The van der Waals surface area contributed by atoms with Crippen LogP contribution in [0.15, 0.2) is 71.9 Å². The van der Waals surface area contributed by atoms with Gasteiger partial charge in [0.25, 0.3) is 11.5 Å². The van der Waals surface area contributed by atoms with Gasteiger partial charge in [0, 0.05) is 11.6 Å². The van der Waals surface area contributed by atoms with Gasteiger partial charge in [0.1, 0.15) is 17.5 Å². The number of carbonyl (C=O) groups is 1. The first-order valence-electron chi connectivity index (χ1n) is 10.2. The van der Waals surface area contributed by atoms with Crippen LogP contribution in [0, 0.1) is 0 Å². The summed E-state index contributed by atoms with van der Waals surface area (Å²) in [6, 6.07) is 16.5. The van der Waals surface area contributed by atoms with Crippen molar-refractivity contribution in [1.82, 2.24) is 24.6 Å². The Kier molecular flexibility index (Phi) is 6.51. The van der Waals surface area contributed by atoms with E-state index < -0.39 is 6.10 Å². The van der Waals surface area contributed by atoms with Gasteiger partial charge in [0.05, 0.1) is 19.3 Å². The zero-order valence-corrected chi connectivity index (χ0v) is 18.2. The van der Waals surface area contributed by atoms with Crippen molar-refractivity contribution in [2.45, 2.75) is 26.1 Å². The predicted octanol–water partition coefficient (Wildman–Crippen LogP) is 2.88. The van der Waals surface area contributed by atoms with Gasteiger partial charge in [-0.05, 0) is 36.8 Å². The number of carbonyl (C=O) groups excluding carboxylic acids is 1. The van der Waals surface area contributed by atoms with Crippen LogP contribution in [0.2, 0.25) is 5.02 Å². The smallest absolute Gasteiger partial charge is 0.264 e. The number of rotatable bonds is 8. The lowest BCUT2D eigenvalue weighted by atomic mass is 10.2. The molecule has 2 aromatic carbocycles. The average Bonchev–Trinajstić information content (AvgIpc) is 3.21. The summed E-state index contributed by atoms with van der Waals surface area (Å²) in [7, 11) is 0. The Morgan fingerprint density at radius 1 is 1.16 bits per heavy atom. The van der Waals surface area contributed by atoms with E-state index in [9.17, 15) is 9.59 Å². The molecule has 0 fully saturated rings. The fourth-order valence-corrected chi connectivity index (χ4v) is 3.37. The van der Waals surface area contributed by atoms with Gasteiger partial charge in [-0.3, -0.25) is 14.2 Å². The van der Waals surface area contributed by atoms with Crippen molar-refractivity contribution in [3.63, 3.8) is 0 Å². The Labute approximate surface area is 189 Å². The van der Waals surface area contributed by atoms with Crippen LogP contribution in [0.1, 0.15) is 12.5 Å². The molecule has 2 heterocycles. The lowest BCUT2D eigenvalue weighted by Gasteiger charge is -2.14. The lowest BCUT2D eigenvalue weighted by Crippen LogP contribution is -2.38. The first-order chi connectivity index (χ1) is 15.5. The van der Waals surface area contributed by atoms with Gasteiger partial charge in [-0.25, -0.2) is 9.67 Å². The molecule has 9 heteroatoms. The standard InChI is InChI=1S/C23H22ClN5O3/c1-16(32-19-5-3-2-4-6-19)22(30)25-11-12-29-21-20(13-27-29)23(31)28(15-26-21)14-17-7-9-18(24)10-8-17/h2-10,13,15-16H,11-12,14H2,1H3,(H,25,30). The minimum absolute atomic E-state index is 0.176. The van der Waals surface area contributed by atoms with E-state index in [1.54, 1.807) is 35.9 Å². The number of aromatic nitrogens is 4. The van der Waals surface area contributed by atoms with Gasteiger partial charge in [-0.1, -0.05) is 41.9 Å². The molecule has 0 aliphatic rings. The molecule has 1 N–H and O–H groups in total. The normalized spacial score (nSPS) is 11.9. The monoisotopic (exact) mass is 451 g/mol. The van der Waals surface area contributed by atoms with E-state index in [4.69, 9.17) is 16.3 Å². The van der Waals surface area contributed by atoms with Crippen LogP contribution in [0.4, 0.5) is 0 Å². The molecule has 164 valence electrons. The summed E-state index contributed by atoms with van der Waals surface area (Å²) >= 11 is 5.92. The molecule has 0 spiro atoms. The lowest BCUT2D eigenvalue weighted by molar-refractivity contribution is -0.127. The van der Waals surface area contributed by atoms with Crippen LogP contribution in [-0.4, -0.2) is 37.9 Å². The molecule has 0 saturated carbocycles. The summed E-state index contributed by atoms with van der Waals surface area (Å²) in [5.41, 5.74) is 1.25. The van der Waals surface area contributed by atoms with Crippen molar-refractivity contribution >= 4 is 28.5 Å². The van der Waals surface area contributed by atoms with Crippen LogP contribution >= 0.6 is 11.6 Å². The fraction of sp³-hybridized carbons (Fsp3) is 0.217. The largest absolute Gasteiger partial charge is 0.481 e. The molecule has 32 heavy (non-hydrogen) atoms. The highest BCUT2D eigenvalue weighted by Crippen LogP contribution is 2.12. The van der Waals surface area contributed by atoms with E-state index in [1.165, 1.54) is 17.1 Å². The number of nitrogens with zero attached hydrogens (tertiary/aromatic N) is 4. The van der Waals surface area contributed by atoms with E-state index in [1.807, 2.05) is 30.3 Å². The average molecular weight is 452 g/mol. The maximum atomic E-state index is 12.8. The van der Waals surface area contributed by atoms with Gasteiger partial charge in [-0.15, -0.1) is 0 Å². The second-order valence-electron chi connectivity index (χ2n) is 7.27.